The summed E-state index contributed by atoms with van der Waals surface area (Å²) in [5, 5.41) is 3.40. The van der Waals surface area contributed by atoms with Gasteiger partial charge in [0.2, 0.25) is 0 Å². The molecule has 0 amide bonds. The highest BCUT2D eigenvalue weighted by Crippen LogP contribution is 2.31. The second-order valence-electron chi connectivity index (χ2n) is 5.93. The summed E-state index contributed by atoms with van der Waals surface area (Å²) < 4.78 is 4.74. The van der Waals surface area contributed by atoms with Crippen molar-refractivity contribution >= 4 is 17.3 Å². The standard InChI is InChI=1S/C17H26N2O2/c1-3-12-7-9-13(10-8-12)11-19-15-6-4-5-14(16(15)18)17(20)21-2/h4-6,12-13,19H,3,7-11,18H2,1-2H3. The van der Waals surface area contributed by atoms with Crippen LogP contribution < -0.4 is 11.1 Å². The van der Waals surface area contributed by atoms with E-state index >= 15 is 0 Å². The SMILES string of the molecule is CCC1CCC(CNc2cccc(C(=O)OC)c2N)CC1. The van der Waals surface area contributed by atoms with Crippen molar-refractivity contribution in [3.05, 3.63) is 23.8 Å². The molecular weight excluding hydrogens is 264 g/mol. The van der Waals surface area contributed by atoms with E-state index in [1.807, 2.05) is 12.1 Å². The van der Waals surface area contributed by atoms with Crippen LogP contribution in [0.1, 0.15) is 49.4 Å². The fraction of sp³-hybridized carbons (Fsp3) is 0.588. The number of nitrogens with two attached hydrogens (primary N) is 1. The first-order valence-electron chi connectivity index (χ1n) is 7.86. The minimum atomic E-state index is -0.389. The zero-order valence-electron chi connectivity index (χ0n) is 13.0. The van der Waals surface area contributed by atoms with Gasteiger partial charge in [-0.15, -0.1) is 0 Å². The van der Waals surface area contributed by atoms with Gasteiger partial charge in [0.25, 0.3) is 0 Å². The maximum atomic E-state index is 11.6. The third-order valence-electron chi connectivity index (χ3n) is 4.64. The van der Waals surface area contributed by atoms with Gasteiger partial charge >= 0.3 is 5.97 Å². The van der Waals surface area contributed by atoms with Crippen molar-refractivity contribution in [2.45, 2.75) is 39.0 Å². The largest absolute Gasteiger partial charge is 0.465 e. The molecule has 1 saturated carbocycles. The lowest BCUT2D eigenvalue weighted by Gasteiger charge is -2.28. The van der Waals surface area contributed by atoms with Crippen LogP contribution in [0.5, 0.6) is 0 Å². The number of carbonyl (C=O) groups is 1. The maximum absolute atomic E-state index is 11.6. The van der Waals surface area contributed by atoms with Gasteiger partial charge in [0, 0.05) is 6.54 Å². The number of nitrogens with one attached hydrogen (secondary N) is 1. The third kappa shape index (κ3) is 3.90. The van der Waals surface area contributed by atoms with Crippen LogP contribution in [0.2, 0.25) is 0 Å². The summed E-state index contributed by atoms with van der Waals surface area (Å²) in [4.78, 5) is 11.6. The van der Waals surface area contributed by atoms with Crippen molar-refractivity contribution in [2.24, 2.45) is 11.8 Å². The van der Waals surface area contributed by atoms with E-state index < -0.39 is 0 Å². The van der Waals surface area contributed by atoms with E-state index in [0.717, 1.165) is 18.2 Å². The Morgan fingerprint density at radius 3 is 2.57 bits per heavy atom. The number of benzene rings is 1. The first kappa shape index (κ1) is 15.7. The number of esters is 1. The molecule has 0 saturated heterocycles. The first-order valence-corrected chi connectivity index (χ1v) is 7.86. The Hall–Kier alpha value is -1.71. The average molecular weight is 290 g/mol. The van der Waals surface area contributed by atoms with Crippen molar-refractivity contribution in [3.8, 4) is 0 Å². The second kappa shape index (κ2) is 7.34. The molecule has 0 radical (unpaired) electrons. The van der Waals surface area contributed by atoms with Crippen LogP contribution in [0.3, 0.4) is 0 Å². The monoisotopic (exact) mass is 290 g/mol. The van der Waals surface area contributed by atoms with Crippen LogP contribution in [-0.4, -0.2) is 19.6 Å². The van der Waals surface area contributed by atoms with Crippen LogP contribution in [0.4, 0.5) is 11.4 Å². The molecule has 1 aromatic rings. The van der Waals surface area contributed by atoms with Crippen molar-refractivity contribution in [1.82, 2.24) is 0 Å². The molecule has 1 aliphatic carbocycles. The van der Waals surface area contributed by atoms with Crippen LogP contribution in [-0.2, 0) is 4.74 Å². The van der Waals surface area contributed by atoms with Crippen molar-refractivity contribution in [2.75, 3.05) is 24.7 Å². The van der Waals surface area contributed by atoms with Gasteiger partial charge in [0.05, 0.1) is 24.0 Å². The van der Waals surface area contributed by atoms with E-state index in [4.69, 9.17) is 10.5 Å². The number of nitrogen functional groups attached to an aromatic ring is 1. The van der Waals surface area contributed by atoms with Gasteiger partial charge < -0.3 is 15.8 Å². The number of para-hydroxylation sites is 1. The van der Waals surface area contributed by atoms with Gasteiger partial charge in [-0.1, -0.05) is 32.3 Å². The second-order valence-corrected chi connectivity index (χ2v) is 5.93. The predicted molar refractivity (Wildman–Crippen MR) is 86.4 cm³/mol. The van der Waals surface area contributed by atoms with Crippen LogP contribution in [0, 0.1) is 11.8 Å². The van der Waals surface area contributed by atoms with Gasteiger partial charge in [0.1, 0.15) is 0 Å². The lowest BCUT2D eigenvalue weighted by molar-refractivity contribution is 0.0602. The highest BCUT2D eigenvalue weighted by molar-refractivity contribution is 5.98. The molecule has 21 heavy (non-hydrogen) atoms. The Kier molecular flexibility index (Phi) is 5.48. The number of rotatable bonds is 5. The zero-order chi connectivity index (χ0) is 15.2. The summed E-state index contributed by atoms with van der Waals surface area (Å²) in [5.74, 6) is 1.22. The van der Waals surface area contributed by atoms with E-state index in [-0.39, 0.29) is 5.97 Å². The number of methoxy groups -OCH3 is 1. The topological polar surface area (TPSA) is 64.3 Å². The molecule has 0 bridgehead atoms. The van der Waals surface area contributed by atoms with Crippen molar-refractivity contribution in [3.63, 3.8) is 0 Å². The van der Waals surface area contributed by atoms with Crippen LogP contribution in [0.15, 0.2) is 18.2 Å². The molecule has 2 rings (SSSR count). The number of hydrogen-bond donors (Lipinski definition) is 2. The van der Waals surface area contributed by atoms with Crippen molar-refractivity contribution < 1.29 is 9.53 Å². The Morgan fingerprint density at radius 1 is 1.29 bits per heavy atom. The van der Waals surface area contributed by atoms with E-state index in [1.165, 1.54) is 39.2 Å². The third-order valence-corrected chi connectivity index (χ3v) is 4.64. The summed E-state index contributed by atoms with van der Waals surface area (Å²) in [6.45, 7) is 3.20. The van der Waals surface area contributed by atoms with E-state index in [0.29, 0.717) is 17.2 Å². The highest BCUT2D eigenvalue weighted by Gasteiger charge is 2.20. The summed E-state index contributed by atoms with van der Waals surface area (Å²) in [5.41, 5.74) is 7.79. The minimum absolute atomic E-state index is 0.389. The smallest absolute Gasteiger partial charge is 0.340 e. The van der Waals surface area contributed by atoms with E-state index in [1.54, 1.807) is 6.07 Å². The molecule has 1 aliphatic rings. The van der Waals surface area contributed by atoms with Crippen molar-refractivity contribution in [1.29, 1.82) is 0 Å². The molecular formula is C17H26N2O2. The molecule has 0 spiro atoms. The van der Waals surface area contributed by atoms with Gasteiger partial charge in [-0.25, -0.2) is 4.79 Å². The number of carbonyl (C=O) groups excluding carboxylic acids is 1. The summed E-state index contributed by atoms with van der Waals surface area (Å²) in [6, 6.07) is 5.44. The van der Waals surface area contributed by atoms with Gasteiger partial charge in [-0.2, -0.15) is 0 Å². The first-order chi connectivity index (χ1) is 10.2. The average Bonchev–Trinajstić information content (AvgIpc) is 2.53. The molecule has 3 N–H and O–H groups in total. The number of anilines is 2. The minimum Gasteiger partial charge on any atom is -0.465 e. The molecule has 0 heterocycles. The number of ether oxygens (including phenoxy) is 1. The Bertz CT molecular complexity index is 480. The van der Waals surface area contributed by atoms with E-state index in [2.05, 4.69) is 12.2 Å². The molecule has 0 aliphatic heterocycles. The van der Waals surface area contributed by atoms with Crippen LogP contribution in [0.25, 0.3) is 0 Å². The van der Waals surface area contributed by atoms with E-state index in [9.17, 15) is 4.79 Å². The Balaban J connectivity index is 1.93. The Labute approximate surface area is 127 Å². The maximum Gasteiger partial charge on any atom is 0.340 e. The quantitative estimate of drug-likeness (QED) is 0.641. The van der Waals surface area contributed by atoms with Gasteiger partial charge in [-0.05, 0) is 36.8 Å². The lowest BCUT2D eigenvalue weighted by atomic mass is 9.81. The predicted octanol–water partition coefficient (Wildman–Crippen LogP) is 3.68. The molecule has 1 aromatic carbocycles. The molecule has 0 atom stereocenters. The zero-order valence-corrected chi connectivity index (χ0v) is 13.0. The fourth-order valence-electron chi connectivity index (χ4n) is 3.11. The summed E-state index contributed by atoms with van der Waals surface area (Å²) in [7, 11) is 1.37. The lowest BCUT2D eigenvalue weighted by Crippen LogP contribution is -2.21. The molecule has 4 nitrogen and oxygen atoms in total. The summed E-state index contributed by atoms with van der Waals surface area (Å²) >= 11 is 0. The molecule has 116 valence electrons. The molecule has 0 aromatic heterocycles. The fourth-order valence-corrected chi connectivity index (χ4v) is 3.11. The molecule has 4 heteroatoms. The molecule has 0 unspecified atom stereocenters. The Morgan fingerprint density at radius 2 is 1.95 bits per heavy atom. The molecule has 1 fully saturated rings. The summed E-state index contributed by atoms with van der Waals surface area (Å²) in [6.07, 6.45) is 6.53. The highest BCUT2D eigenvalue weighted by atomic mass is 16.5. The van der Waals surface area contributed by atoms with Crippen LogP contribution >= 0.6 is 0 Å². The normalized spacial score (nSPS) is 21.8. The number of hydrogen-bond acceptors (Lipinski definition) is 4. The van der Waals surface area contributed by atoms with Gasteiger partial charge in [-0.3, -0.25) is 0 Å². The van der Waals surface area contributed by atoms with Gasteiger partial charge in [0.15, 0.2) is 0 Å².